The summed E-state index contributed by atoms with van der Waals surface area (Å²) in [6.45, 7) is 1.90. The molecule has 30 heavy (non-hydrogen) atoms. The molecule has 0 saturated heterocycles. The minimum Gasteiger partial charge on any atom is -0.469 e. The zero-order valence-electron chi connectivity index (χ0n) is 17.1. The number of halogens is 1. The minimum atomic E-state index is -0.236. The van der Waals surface area contributed by atoms with Crippen LogP contribution in [0, 0.1) is 12.3 Å². The number of imidazole rings is 1. The molecule has 0 amide bonds. The van der Waals surface area contributed by atoms with E-state index in [1.165, 1.54) is 7.11 Å². The number of aryl methyl sites for hydroxylation is 1. The number of carbonyl (C=O) groups excluding carboxylic acids is 1. The van der Waals surface area contributed by atoms with Crippen molar-refractivity contribution in [2.24, 2.45) is 12.8 Å². The number of ether oxygens (including phenoxy) is 1. The van der Waals surface area contributed by atoms with Gasteiger partial charge in [0.15, 0.2) is 0 Å². The maximum atomic E-state index is 12.9. The Morgan fingerprint density at radius 3 is 2.23 bits per heavy atom. The van der Waals surface area contributed by atoms with E-state index in [0.717, 1.165) is 22.5 Å². The van der Waals surface area contributed by atoms with E-state index < -0.39 is 0 Å². The van der Waals surface area contributed by atoms with Crippen LogP contribution in [-0.4, -0.2) is 28.0 Å². The van der Waals surface area contributed by atoms with Crippen LogP contribution in [0.25, 0.3) is 16.9 Å². The molecule has 7 nitrogen and oxygen atoms in total. The second kappa shape index (κ2) is 9.45. The lowest BCUT2D eigenvalue weighted by Gasteiger charge is -2.08. The molecule has 0 saturated carbocycles. The average Bonchev–Trinajstić information content (AvgIpc) is 2.95. The molecule has 2 aromatic carbocycles. The molecule has 1 aromatic heterocycles. The average molecular weight is 429 g/mol. The van der Waals surface area contributed by atoms with Crippen LogP contribution >= 0.6 is 12.4 Å². The molecule has 0 aliphatic heterocycles. The predicted molar refractivity (Wildman–Crippen MR) is 120 cm³/mol. The molecular formula is C22H25ClN4O3. The first kappa shape index (κ1) is 23.0. The highest BCUT2D eigenvalue weighted by atomic mass is 35.5. The van der Waals surface area contributed by atoms with Crippen molar-refractivity contribution in [2.45, 2.75) is 19.8 Å². The predicted octanol–water partition coefficient (Wildman–Crippen LogP) is 2.96. The van der Waals surface area contributed by atoms with Crippen LogP contribution in [0.4, 0.5) is 0 Å². The van der Waals surface area contributed by atoms with Gasteiger partial charge in [0.05, 0.1) is 18.5 Å². The van der Waals surface area contributed by atoms with Gasteiger partial charge in [-0.1, -0.05) is 24.3 Å². The Balaban J connectivity index is 0.00000320. The Hall–Kier alpha value is -3.32. The monoisotopic (exact) mass is 428 g/mol. The molecule has 1 heterocycles. The SMILES string of the molecule is COC(=O)CCc1ccc(-c2c(C)n(-c3ccc(C(=N)N)cc3)c(=O)n2C)cc1.Cl. The number of carbonyl (C=O) groups is 1. The highest BCUT2D eigenvalue weighted by Crippen LogP contribution is 2.25. The largest absolute Gasteiger partial charge is 0.469 e. The number of aromatic nitrogens is 2. The molecule has 0 unspecified atom stereocenters. The molecule has 0 radical (unpaired) electrons. The van der Waals surface area contributed by atoms with E-state index in [2.05, 4.69) is 4.74 Å². The standard InChI is InChI=1S/C22H24N4O3.ClH/c1-14-20(16-7-4-15(5-8-16)6-13-19(27)29-3)25(2)22(28)26(14)18-11-9-17(10-12-18)21(23)24;/h4-5,7-12H,6,13H2,1-3H3,(H3,23,24);1H. The van der Waals surface area contributed by atoms with E-state index in [4.69, 9.17) is 11.1 Å². The van der Waals surface area contributed by atoms with Gasteiger partial charge in [0.25, 0.3) is 0 Å². The van der Waals surface area contributed by atoms with Gasteiger partial charge in [0.1, 0.15) is 5.84 Å². The molecule has 8 heteroatoms. The summed E-state index contributed by atoms with van der Waals surface area (Å²) >= 11 is 0. The normalized spacial score (nSPS) is 10.4. The van der Waals surface area contributed by atoms with Crippen molar-refractivity contribution in [1.82, 2.24) is 9.13 Å². The third-order valence-corrected chi connectivity index (χ3v) is 5.00. The number of nitrogens with one attached hydrogen (secondary N) is 1. The zero-order chi connectivity index (χ0) is 21.1. The lowest BCUT2D eigenvalue weighted by atomic mass is 10.0. The van der Waals surface area contributed by atoms with E-state index in [0.29, 0.717) is 24.1 Å². The number of benzene rings is 2. The quantitative estimate of drug-likeness (QED) is 0.358. The molecule has 3 N–H and O–H groups in total. The molecule has 3 rings (SSSR count). The van der Waals surface area contributed by atoms with Crippen LogP contribution in [-0.2, 0) is 23.0 Å². The number of rotatable bonds is 6. The number of esters is 1. The molecular weight excluding hydrogens is 404 g/mol. The molecule has 0 aliphatic rings. The number of nitrogens with zero attached hydrogens (tertiary/aromatic N) is 2. The van der Waals surface area contributed by atoms with Crippen molar-refractivity contribution in [1.29, 1.82) is 5.41 Å². The zero-order valence-corrected chi connectivity index (χ0v) is 18.0. The lowest BCUT2D eigenvalue weighted by Crippen LogP contribution is -2.21. The fourth-order valence-electron chi connectivity index (χ4n) is 3.41. The van der Waals surface area contributed by atoms with E-state index in [1.807, 2.05) is 31.2 Å². The van der Waals surface area contributed by atoms with E-state index >= 15 is 0 Å². The van der Waals surface area contributed by atoms with Crippen molar-refractivity contribution in [3.8, 4) is 16.9 Å². The first-order chi connectivity index (χ1) is 13.8. The van der Waals surface area contributed by atoms with Crippen LogP contribution in [0.5, 0.6) is 0 Å². The minimum absolute atomic E-state index is 0. The Bertz CT molecular complexity index is 1110. The molecule has 0 atom stereocenters. The van der Waals surface area contributed by atoms with Crippen LogP contribution in [0.2, 0.25) is 0 Å². The lowest BCUT2D eigenvalue weighted by molar-refractivity contribution is -0.140. The Morgan fingerprint density at radius 2 is 1.70 bits per heavy atom. The van der Waals surface area contributed by atoms with Gasteiger partial charge in [0.2, 0.25) is 0 Å². The highest BCUT2D eigenvalue weighted by Gasteiger charge is 2.17. The van der Waals surface area contributed by atoms with Crippen molar-refractivity contribution >= 4 is 24.2 Å². The number of nitrogens with two attached hydrogens (primary N) is 1. The molecule has 3 aromatic rings. The van der Waals surface area contributed by atoms with Gasteiger partial charge in [0, 0.05) is 30.3 Å². The Morgan fingerprint density at radius 1 is 1.10 bits per heavy atom. The van der Waals surface area contributed by atoms with E-state index in [9.17, 15) is 9.59 Å². The summed E-state index contributed by atoms with van der Waals surface area (Å²) < 4.78 is 7.94. The van der Waals surface area contributed by atoms with Crippen molar-refractivity contribution < 1.29 is 9.53 Å². The maximum Gasteiger partial charge on any atom is 0.333 e. The van der Waals surface area contributed by atoms with Crippen molar-refractivity contribution in [2.75, 3.05) is 7.11 Å². The summed E-state index contributed by atoms with van der Waals surface area (Å²) in [6.07, 6.45) is 0.939. The summed E-state index contributed by atoms with van der Waals surface area (Å²) in [5.74, 6) is -0.248. The Kier molecular flexibility index (Phi) is 7.24. The topological polar surface area (TPSA) is 103 Å². The maximum absolute atomic E-state index is 12.9. The molecule has 158 valence electrons. The van der Waals surface area contributed by atoms with Gasteiger partial charge >= 0.3 is 11.7 Å². The van der Waals surface area contributed by atoms with Gasteiger partial charge in [-0.2, -0.15) is 0 Å². The van der Waals surface area contributed by atoms with Gasteiger partial charge < -0.3 is 10.5 Å². The summed E-state index contributed by atoms with van der Waals surface area (Å²) in [5.41, 5.74) is 10.3. The summed E-state index contributed by atoms with van der Waals surface area (Å²) in [7, 11) is 3.13. The summed E-state index contributed by atoms with van der Waals surface area (Å²) in [5, 5.41) is 7.51. The summed E-state index contributed by atoms with van der Waals surface area (Å²) in [6, 6.07) is 14.9. The number of hydrogen-bond donors (Lipinski definition) is 2. The second-order valence-corrected chi connectivity index (χ2v) is 6.84. The number of methoxy groups -OCH3 is 1. The van der Waals surface area contributed by atoms with Crippen molar-refractivity contribution in [3.05, 3.63) is 75.8 Å². The van der Waals surface area contributed by atoms with Crippen LogP contribution < -0.4 is 11.4 Å². The number of nitrogen functional groups attached to an aromatic ring is 1. The second-order valence-electron chi connectivity index (χ2n) is 6.84. The van der Waals surface area contributed by atoms with Crippen LogP contribution in [0.3, 0.4) is 0 Å². The third kappa shape index (κ3) is 4.46. The summed E-state index contributed by atoms with van der Waals surface area (Å²) in [4.78, 5) is 24.2. The van der Waals surface area contributed by atoms with Crippen LogP contribution in [0.15, 0.2) is 53.3 Å². The first-order valence-corrected chi connectivity index (χ1v) is 9.22. The van der Waals surface area contributed by atoms with Gasteiger partial charge in [-0.25, -0.2) is 4.79 Å². The van der Waals surface area contributed by atoms with Crippen LogP contribution in [0.1, 0.15) is 23.2 Å². The van der Waals surface area contributed by atoms with Gasteiger partial charge in [-0.3, -0.25) is 19.3 Å². The van der Waals surface area contributed by atoms with Gasteiger partial charge in [-0.15, -0.1) is 12.4 Å². The van der Waals surface area contributed by atoms with E-state index in [1.54, 1.807) is 40.4 Å². The van der Waals surface area contributed by atoms with Crippen molar-refractivity contribution in [3.63, 3.8) is 0 Å². The smallest absolute Gasteiger partial charge is 0.333 e. The molecule has 0 aliphatic carbocycles. The van der Waals surface area contributed by atoms with E-state index in [-0.39, 0.29) is 29.9 Å². The molecule has 0 bridgehead atoms. The third-order valence-electron chi connectivity index (χ3n) is 5.00. The fourth-order valence-corrected chi connectivity index (χ4v) is 3.41. The number of amidine groups is 1. The molecule has 0 spiro atoms. The first-order valence-electron chi connectivity index (χ1n) is 9.22. The number of hydrogen-bond acceptors (Lipinski definition) is 4. The fraction of sp³-hybridized carbons (Fsp3) is 0.227. The van der Waals surface area contributed by atoms with Gasteiger partial charge in [-0.05, 0) is 43.2 Å². The highest BCUT2D eigenvalue weighted by molar-refractivity contribution is 5.95. The Labute approximate surface area is 181 Å². The molecule has 0 fully saturated rings.